The fraction of sp³-hybridized carbons (Fsp3) is 0.393. The number of nitrogens with one attached hydrogen (secondary N) is 2. The lowest BCUT2D eigenvalue weighted by atomic mass is 9.95. The van der Waals surface area contributed by atoms with E-state index in [4.69, 9.17) is 17.0 Å². The van der Waals surface area contributed by atoms with Crippen LogP contribution in [0.25, 0.3) is 0 Å². The maximum absolute atomic E-state index is 12.0. The number of thiocarbonyl (C=S) groups is 1. The van der Waals surface area contributed by atoms with Gasteiger partial charge in [0.25, 0.3) is 0 Å². The Bertz CT molecular complexity index is 1220. The number of hydrogen-bond acceptors (Lipinski definition) is 4. The molecule has 1 aliphatic heterocycles. The van der Waals surface area contributed by atoms with E-state index < -0.39 is 0 Å². The molecule has 0 bridgehead atoms. The second-order valence-corrected chi connectivity index (χ2v) is 10.0. The predicted octanol–water partition coefficient (Wildman–Crippen LogP) is 5.46. The number of nitrogens with zero attached hydrogens (tertiary/aromatic N) is 3. The quantitative estimate of drug-likeness (QED) is 0.417. The molecule has 1 amide bonds. The SMILES string of the molecule is COCC(=O)Nc1ccc(N2C(=S)N[C@@H](c3ccccn3)[C@H]2c2ccn(C3CCCCC3)c2)cc1C. The van der Waals surface area contributed by atoms with Crippen LogP contribution in [-0.2, 0) is 9.53 Å². The molecule has 188 valence electrons. The summed E-state index contributed by atoms with van der Waals surface area (Å²) >= 11 is 5.88. The maximum atomic E-state index is 12.0. The van der Waals surface area contributed by atoms with Crippen molar-refractivity contribution in [2.45, 2.75) is 57.2 Å². The molecule has 3 heterocycles. The Balaban J connectivity index is 1.50. The summed E-state index contributed by atoms with van der Waals surface area (Å²) in [5, 5.41) is 7.12. The van der Waals surface area contributed by atoms with E-state index in [1.54, 1.807) is 0 Å². The Hall–Kier alpha value is -3.23. The van der Waals surface area contributed by atoms with Crippen molar-refractivity contribution >= 4 is 34.6 Å². The number of pyridine rings is 1. The largest absolute Gasteiger partial charge is 0.375 e. The predicted molar refractivity (Wildman–Crippen MR) is 146 cm³/mol. The smallest absolute Gasteiger partial charge is 0.250 e. The average Bonchev–Trinajstić information content (AvgIpc) is 3.51. The van der Waals surface area contributed by atoms with Gasteiger partial charge in [-0.25, -0.2) is 0 Å². The molecule has 1 saturated heterocycles. The molecular formula is C28H33N5O2S. The highest BCUT2D eigenvalue weighted by Crippen LogP contribution is 2.43. The third kappa shape index (κ3) is 5.01. The van der Waals surface area contributed by atoms with Crippen molar-refractivity contribution in [1.29, 1.82) is 0 Å². The van der Waals surface area contributed by atoms with E-state index in [0.29, 0.717) is 11.2 Å². The van der Waals surface area contributed by atoms with Gasteiger partial charge >= 0.3 is 0 Å². The number of ether oxygens (including phenoxy) is 1. The second-order valence-electron chi connectivity index (χ2n) is 9.66. The van der Waals surface area contributed by atoms with Crippen LogP contribution < -0.4 is 15.5 Å². The Kier molecular flexibility index (Phi) is 7.34. The molecule has 7 nitrogen and oxygen atoms in total. The molecular weight excluding hydrogens is 470 g/mol. The molecule has 0 radical (unpaired) electrons. The highest BCUT2D eigenvalue weighted by molar-refractivity contribution is 7.80. The van der Waals surface area contributed by atoms with Crippen LogP contribution in [0.4, 0.5) is 11.4 Å². The molecule has 2 atom stereocenters. The number of aryl methyl sites for hydroxylation is 1. The molecule has 36 heavy (non-hydrogen) atoms. The van der Waals surface area contributed by atoms with E-state index in [9.17, 15) is 4.79 Å². The average molecular weight is 504 g/mol. The number of carbonyl (C=O) groups is 1. The van der Waals surface area contributed by atoms with Crippen LogP contribution in [0.5, 0.6) is 0 Å². The van der Waals surface area contributed by atoms with Gasteiger partial charge in [-0.15, -0.1) is 0 Å². The molecule has 8 heteroatoms. The standard InChI is InChI=1S/C28H33N5O2S/c1-19-16-22(11-12-23(19)30-25(34)18-35-2)33-27(26(31-28(33)36)24-10-6-7-14-29-24)20-13-15-32(17-20)21-8-4-3-5-9-21/h6-7,10-17,21,26-27H,3-5,8-9,18H2,1-2H3,(H,30,34)(H,31,36)/t26-,27+/m0/s1. The van der Waals surface area contributed by atoms with E-state index in [1.807, 2.05) is 37.4 Å². The summed E-state index contributed by atoms with van der Waals surface area (Å²) in [6, 6.07) is 14.7. The summed E-state index contributed by atoms with van der Waals surface area (Å²) in [6.45, 7) is 2.01. The third-order valence-corrected chi connectivity index (χ3v) is 7.53. The van der Waals surface area contributed by atoms with E-state index >= 15 is 0 Å². The second kappa shape index (κ2) is 10.8. The Labute approximate surface area is 217 Å². The van der Waals surface area contributed by atoms with Crippen molar-refractivity contribution in [1.82, 2.24) is 14.9 Å². The minimum absolute atomic E-state index is 0.0210. The van der Waals surface area contributed by atoms with Crippen LogP contribution in [0.15, 0.2) is 61.1 Å². The summed E-state index contributed by atoms with van der Waals surface area (Å²) in [4.78, 5) is 18.9. The van der Waals surface area contributed by atoms with Crippen molar-refractivity contribution in [3.05, 3.63) is 77.9 Å². The van der Waals surface area contributed by atoms with Crippen LogP contribution in [-0.4, -0.2) is 34.3 Å². The Morgan fingerprint density at radius 3 is 2.75 bits per heavy atom. The number of amides is 1. The van der Waals surface area contributed by atoms with Crippen molar-refractivity contribution in [2.75, 3.05) is 23.9 Å². The van der Waals surface area contributed by atoms with Crippen LogP contribution in [0.1, 0.15) is 67.1 Å². The molecule has 2 aliphatic rings. The number of carbonyl (C=O) groups excluding carboxylic acids is 1. The van der Waals surface area contributed by atoms with Gasteiger partial charge < -0.3 is 24.8 Å². The minimum Gasteiger partial charge on any atom is -0.375 e. The van der Waals surface area contributed by atoms with Gasteiger partial charge in [-0.1, -0.05) is 25.3 Å². The highest BCUT2D eigenvalue weighted by atomic mass is 32.1. The summed E-state index contributed by atoms with van der Waals surface area (Å²) < 4.78 is 7.34. The first-order valence-electron chi connectivity index (χ1n) is 12.6. The van der Waals surface area contributed by atoms with E-state index in [-0.39, 0.29) is 24.6 Å². The van der Waals surface area contributed by atoms with Gasteiger partial charge in [0.15, 0.2) is 5.11 Å². The van der Waals surface area contributed by atoms with Gasteiger partial charge in [0.2, 0.25) is 5.91 Å². The molecule has 2 fully saturated rings. The molecule has 1 saturated carbocycles. The monoisotopic (exact) mass is 503 g/mol. The van der Waals surface area contributed by atoms with Crippen molar-refractivity contribution in [3.8, 4) is 0 Å². The van der Waals surface area contributed by atoms with Gasteiger partial charge in [0, 0.05) is 43.1 Å². The number of aromatic nitrogens is 2. The number of rotatable bonds is 7. The molecule has 0 spiro atoms. The molecule has 0 unspecified atom stereocenters. The topological polar surface area (TPSA) is 71.4 Å². The number of hydrogen-bond donors (Lipinski definition) is 2. The highest BCUT2D eigenvalue weighted by Gasteiger charge is 2.41. The molecule has 5 rings (SSSR count). The fourth-order valence-corrected chi connectivity index (χ4v) is 5.78. The molecule has 2 aromatic heterocycles. The first kappa shape index (κ1) is 24.5. The Morgan fingerprint density at radius 2 is 2.03 bits per heavy atom. The summed E-state index contributed by atoms with van der Waals surface area (Å²) in [5.74, 6) is -0.177. The van der Waals surface area contributed by atoms with Gasteiger partial charge in [-0.05, 0) is 79.5 Å². The molecule has 2 N–H and O–H groups in total. The van der Waals surface area contributed by atoms with Crippen molar-refractivity contribution in [3.63, 3.8) is 0 Å². The van der Waals surface area contributed by atoms with Gasteiger partial charge in [-0.3, -0.25) is 9.78 Å². The van der Waals surface area contributed by atoms with Gasteiger partial charge in [-0.2, -0.15) is 0 Å². The lowest BCUT2D eigenvalue weighted by Gasteiger charge is -2.28. The normalized spacial score (nSPS) is 20.4. The van der Waals surface area contributed by atoms with E-state index in [2.05, 4.69) is 55.7 Å². The summed E-state index contributed by atoms with van der Waals surface area (Å²) in [5.41, 5.74) is 4.86. The zero-order valence-electron chi connectivity index (χ0n) is 20.8. The van der Waals surface area contributed by atoms with Gasteiger partial charge in [0.05, 0.1) is 17.8 Å². The minimum atomic E-state index is -0.177. The third-order valence-electron chi connectivity index (χ3n) is 7.21. The molecule has 1 aliphatic carbocycles. The first-order valence-corrected chi connectivity index (χ1v) is 13.0. The van der Waals surface area contributed by atoms with Crippen LogP contribution >= 0.6 is 12.2 Å². The fourth-order valence-electron chi connectivity index (χ4n) is 5.44. The molecule has 1 aromatic carbocycles. The lowest BCUT2D eigenvalue weighted by molar-refractivity contribution is -0.119. The van der Waals surface area contributed by atoms with Crippen molar-refractivity contribution in [2.24, 2.45) is 0 Å². The van der Waals surface area contributed by atoms with Crippen LogP contribution in [0, 0.1) is 6.92 Å². The summed E-state index contributed by atoms with van der Waals surface area (Å²) in [7, 11) is 1.51. The first-order chi connectivity index (χ1) is 17.5. The molecule has 3 aromatic rings. The number of anilines is 2. The lowest BCUT2D eigenvalue weighted by Crippen LogP contribution is -2.29. The maximum Gasteiger partial charge on any atom is 0.250 e. The Morgan fingerprint density at radius 1 is 1.19 bits per heavy atom. The van der Waals surface area contributed by atoms with E-state index in [1.165, 1.54) is 44.8 Å². The van der Waals surface area contributed by atoms with Gasteiger partial charge in [0.1, 0.15) is 6.61 Å². The zero-order chi connectivity index (χ0) is 25.1. The van der Waals surface area contributed by atoms with Crippen molar-refractivity contribution < 1.29 is 9.53 Å². The van der Waals surface area contributed by atoms with Crippen LogP contribution in [0.2, 0.25) is 0 Å². The van der Waals surface area contributed by atoms with E-state index in [0.717, 1.165) is 22.6 Å². The van der Waals surface area contributed by atoms with Crippen LogP contribution in [0.3, 0.4) is 0 Å². The summed E-state index contributed by atoms with van der Waals surface area (Å²) in [6.07, 6.45) is 12.7. The number of benzene rings is 1. The number of methoxy groups -OCH3 is 1. The zero-order valence-corrected chi connectivity index (χ0v) is 21.6.